The Bertz CT molecular complexity index is 3530. The molecular weight excluding hydrogens is 787 g/mol. The number of benzene rings is 10. The summed E-state index contributed by atoms with van der Waals surface area (Å²) in [7, 11) is 0. The molecule has 1 aromatic heterocycles. The van der Waals surface area contributed by atoms with Crippen LogP contribution in [-0.4, -0.2) is 0 Å². The molecule has 0 aliphatic heterocycles. The summed E-state index contributed by atoms with van der Waals surface area (Å²) >= 11 is 0. The molecule has 0 saturated carbocycles. The molecule has 1 aliphatic carbocycles. The van der Waals surface area contributed by atoms with Crippen LogP contribution in [0.5, 0.6) is 0 Å². The van der Waals surface area contributed by atoms with E-state index in [9.17, 15) is 0 Å². The zero-order valence-electron chi connectivity index (χ0n) is 36.8. The number of rotatable bonds is 7. The Morgan fingerprint density at radius 2 is 0.969 bits per heavy atom. The maximum absolute atomic E-state index is 6.47. The van der Waals surface area contributed by atoms with Crippen LogP contribution < -0.4 is 4.90 Å². The number of furan rings is 1. The van der Waals surface area contributed by atoms with Crippen molar-refractivity contribution in [2.75, 3.05) is 4.90 Å². The Balaban J connectivity index is 1.14. The van der Waals surface area contributed by atoms with Gasteiger partial charge in [0.25, 0.3) is 0 Å². The Hall–Kier alpha value is -7.94. The third-order valence-electron chi connectivity index (χ3n) is 13.7. The summed E-state index contributed by atoms with van der Waals surface area (Å²) in [5.74, 6) is 0. The Morgan fingerprint density at radius 3 is 1.71 bits per heavy atom. The lowest BCUT2D eigenvalue weighted by Crippen LogP contribution is -2.28. The SMILES string of the molecule is CC(C)(C)c1ccc(N(c2ccc3c(c2)-c2ccccc2C3(c2ccccc2)c2ccccc2)c2ccc3ccccc3c2-c2ccccc2-c2cccc3oc4ccccc4c23)cc1. The van der Waals surface area contributed by atoms with E-state index in [1.54, 1.807) is 0 Å². The summed E-state index contributed by atoms with van der Waals surface area (Å²) in [6, 6.07) is 84.8. The van der Waals surface area contributed by atoms with Crippen LogP contribution in [0.3, 0.4) is 0 Å². The van der Waals surface area contributed by atoms with E-state index in [4.69, 9.17) is 4.42 Å². The molecule has 1 aliphatic rings. The smallest absolute Gasteiger partial charge is 0.136 e. The van der Waals surface area contributed by atoms with E-state index in [-0.39, 0.29) is 5.41 Å². The molecule has 12 rings (SSSR count). The molecule has 2 heteroatoms. The van der Waals surface area contributed by atoms with Crippen LogP contribution in [0.15, 0.2) is 235 Å². The summed E-state index contributed by atoms with van der Waals surface area (Å²) in [6.45, 7) is 6.85. The number of nitrogens with zero attached hydrogens (tertiary/aromatic N) is 1. The summed E-state index contributed by atoms with van der Waals surface area (Å²) in [5.41, 5.74) is 18.1. The van der Waals surface area contributed by atoms with Gasteiger partial charge in [0.1, 0.15) is 11.2 Å². The second kappa shape index (κ2) is 15.1. The fraction of sp³-hybridized carbons (Fsp3) is 0.0794. The Kier molecular flexibility index (Phi) is 9.00. The van der Waals surface area contributed by atoms with E-state index in [2.05, 4.69) is 250 Å². The van der Waals surface area contributed by atoms with Gasteiger partial charge in [-0.2, -0.15) is 0 Å². The molecule has 1 heterocycles. The van der Waals surface area contributed by atoms with E-state index in [1.807, 2.05) is 6.07 Å². The number of hydrogen-bond acceptors (Lipinski definition) is 2. The van der Waals surface area contributed by atoms with Gasteiger partial charge in [-0.05, 0) is 114 Å². The third-order valence-corrected chi connectivity index (χ3v) is 13.7. The molecular formula is C63H47NO. The van der Waals surface area contributed by atoms with Crippen LogP contribution in [0.4, 0.5) is 17.1 Å². The van der Waals surface area contributed by atoms with Gasteiger partial charge in [0, 0.05) is 27.7 Å². The zero-order valence-corrected chi connectivity index (χ0v) is 36.8. The fourth-order valence-electron chi connectivity index (χ4n) is 10.8. The van der Waals surface area contributed by atoms with E-state index in [0.29, 0.717) is 0 Å². The molecule has 65 heavy (non-hydrogen) atoms. The van der Waals surface area contributed by atoms with Gasteiger partial charge in [-0.3, -0.25) is 0 Å². The summed E-state index contributed by atoms with van der Waals surface area (Å²) in [5, 5.41) is 4.63. The highest BCUT2D eigenvalue weighted by atomic mass is 16.3. The molecule has 310 valence electrons. The molecule has 0 saturated heterocycles. The molecule has 0 N–H and O–H groups in total. The predicted octanol–water partition coefficient (Wildman–Crippen LogP) is 17.2. The third kappa shape index (κ3) is 6.09. The van der Waals surface area contributed by atoms with Crippen molar-refractivity contribution >= 4 is 49.8 Å². The molecule has 0 radical (unpaired) electrons. The van der Waals surface area contributed by atoms with E-state index >= 15 is 0 Å². The van der Waals surface area contributed by atoms with Crippen molar-refractivity contribution in [3.05, 3.63) is 258 Å². The van der Waals surface area contributed by atoms with Gasteiger partial charge in [-0.15, -0.1) is 0 Å². The summed E-state index contributed by atoms with van der Waals surface area (Å²) in [4.78, 5) is 2.49. The average Bonchev–Trinajstić information content (AvgIpc) is 3.88. The molecule has 0 fully saturated rings. The number of fused-ring (bicyclic) bond motifs is 7. The first-order valence-electron chi connectivity index (χ1n) is 22.7. The van der Waals surface area contributed by atoms with Crippen LogP contribution in [0.2, 0.25) is 0 Å². The average molecular weight is 834 g/mol. The predicted molar refractivity (Wildman–Crippen MR) is 273 cm³/mol. The zero-order chi connectivity index (χ0) is 43.7. The number of anilines is 3. The van der Waals surface area contributed by atoms with Gasteiger partial charge < -0.3 is 9.32 Å². The summed E-state index contributed by atoms with van der Waals surface area (Å²) < 4.78 is 6.47. The van der Waals surface area contributed by atoms with Gasteiger partial charge in [0.15, 0.2) is 0 Å². The molecule has 0 bridgehead atoms. The standard InChI is InChI=1S/C63H47NO/c1-62(2,3)43-34-36-46(37-35-43)64(47-38-39-56-54(41-47)50-26-14-16-30-55(50)63(56,44-20-6-4-7-21-44)45-22-8-5-9-23-45)57-40-33-42-19-10-11-24-48(42)60(57)51-27-13-12-25-49(51)52-29-18-32-59-61(52)53-28-15-17-31-58(53)65-59/h4-41H,1-3H3. The van der Waals surface area contributed by atoms with E-state index < -0.39 is 5.41 Å². The highest BCUT2D eigenvalue weighted by Gasteiger charge is 2.46. The van der Waals surface area contributed by atoms with Crippen LogP contribution >= 0.6 is 0 Å². The van der Waals surface area contributed by atoms with Gasteiger partial charge in [0.2, 0.25) is 0 Å². The van der Waals surface area contributed by atoms with Crippen LogP contribution in [0.25, 0.3) is 66.1 Å². The largest absolute Gasteiger partial charge is 0.456 e. The van der Waals surface area contributed by atoms with Crippen molar-refractivity contribution in [2.24, 2.45) is 0 Å². The Labute approximate surface area is 380 Å². The second-order valence-corrected chi connectivity index (χ2v) is 18.4. The van der Waals surface area contributed by atoms with Gasteiger partial charge in [-0.1, -0.05) is 209 Å². The van der Waals surface area contributed by atoms with Crippen molar-refractivity contribution < 1.29 is 4.42 Å². The van der Waals surface area contributed by atoms with Crippen molar-refractivity contribution in [1.82, 2.24) is 0 Å². The minimum absolute atomic E-state index is 0.00414. The molecule has 0 spiro atoms. The van der Waals surface area contributed by atoms with Gasteiger partial charge in [-0.25, -0.2) is 0 Å². The highest BCUT2D eigenvalue weighted by Crippen LogP contribution is 2.58. The molecule has 11 aromatic rings. The normalized spacial score (nSPS) is 13.0. The number of hydrogen-bond donors (Lipinski definition) is 0. The first-order valence-corrected chi connectivity index (χ1v) is 22.7. The quantitative estimate of drug-likeness (QED) is 0.159. The van der Waals surface area contributed by atoms with E-state index in [1.165, 1.54) is 55.3 Å². The maximum atomic E-state index is 6.47. The van der Waals surface area contributed by atoms with Crippen LogP contribution in [0, 0.1) is 0 Å². The molecule has 0 atom stereocenters. The maximum Gasteiger partial charge on any atom is 0.136 e. The highest BCUT2D eigenvalue weighted by molar-refractivity contribution is 6.16. The molecule has 2 nitrogen and oxygen atoms in total. The molecule has 0 unspecified atom stereocenters. The molecule has 10 aromatic carbocycles. The lowest BCUT2D eigenvalue weighted by atomic mass is 9.68. The monoisotopic (exact) mass is 833 g/mol. The topological polar surface area (TPSA) is 16.4 Å². The first-order chi connectivity index (χ1) is 31.9. The van der Waals surface area contributed by atoms with Crippen molar-refractivity contribution in [3.8, 4) is 33.4 Å². The second-order valence-electron chi connectivity index (χ2n) is 18.4. The van der Waals surface area contributed by atoms with Crippen molar-refractivity contribution in [1.29, 1.82) is 0 Å². The lowest BCUT2D eigenvalue weighted by Gasteiger charge is -2.34. The number of para-hydroxylation sites is 1. The minimum atomic E-state index is -0.489. The van der Waals surface area contributed by atoms with Gasteiger partial charge >= 0.3 is 0 Å². The Morgan fingerprint density at radius 1 is 0.400 bits per heavy atom. The first kappa shape index (κ1) is 38.7. The van der Waals surface area contributed by atoms with Crippen molar-refractivity contribution in [2.45, 2.75) is 31.6 Å². The van der Waals surface area contributed by atoms with Crippen LogP contribution in [-0.2, 0) is 10.8 Å². The molecule has 0 amide bonds. The van der Waals surface area contributed by atoms with Crippen molar-refractivity contribution in [3.63, 3.8) is 0 Å². The lowest BCUT2D eigenvalue weighted by molar-refractivity contribution is 0.590. The van der Waals surface area contributed by atoms with Crippen LogP contribution in [0.1, 0.15) is 48.6 Å². The fourth-order valence-corrected chi connectivity index (χ4v) is 10.8. The minimum Gasteiger partial charge on any atom is -0.456 e. The van der Waals surface area contributed by atoms with Gasteiger partial charge in [0.05, 0.1) is 11.1 Å². The summed E-state index contributed by atoms with van der Waals surface area (Å²) in [6.07, 6.45) is 0. The van der Waals surface area contributed by atoms with E-state index in [0.717, 1.165) is 55.7 Å².